The van der Waals surface area contributed by atoms with E-state index in [1.165, 1.54) is 11.8 Å². The molecule has 4 heteroatoms. The van der Waals surface area contributed by atoms with Gasteiger partial charge in [-0.25, -0.2) is 0 Å². The summed E-state index contributed by atoms with van der Waals surface area (Å²) in [6.07, 6.45) is 4.23. The van der Waals surface area contributed by atoms with Crippen molar-refractivity contribution in [2.75, 3.05) is 5.75 Å². The monoisotopic (exact) mass is 225 g/mol. The third-order valence-electron chi connectivity index (χ3n) is 2.23. The molecular weight excluding hydrogens is 210 g/mol. The van der Waals surface area contributed by atoms with E-state index in [0.717, 1.165) is 17.7 Å². The van der Waals surface area contributed by atoms with Gasteiger partial charge in [0.1, 0.15) is 4.75 Å². The number of hydrogen-bond donors (Lipinski definition) is 1. The molecule has 0 aromatic carbocycles. The fraction of sp³-hybridized carbons (Fsp3) is 0.455. The number of hydrogen-bond acceptors (Lipinski definition) is 3. The lowest BCUT2D eigenvalue weighted by atomic mass is 10.0. The lowest BCUT2D eigenvalue weighted by molar-refractivity contribution is -0.139. The molecule has 0 aliphatic rings. The molecule has 0 saturated carbocycles. The normalized spacial score (nSPS) is 14.5. The second kappa shape index (κ2) is 5.16. The van der Waals surface area contributed by atoms with Gasteiger partial charge in [-0.2, -0.15) is 0 Å². The Bertz CT molecular complexity index is 329. The molecule has 1 atom stereocenters. The van der Waals surface area contributed by atoms with Gasteiger partial charge in [-0.3, -0.25) is 9.78 Å². The van der Waals surface area contributed by atoms with Crippen molar-refractivity contribution in [3.63, 3.8) is 0 Å². The van der Waals surface area contributed by atoms with E-state index in [4.69, 9.17) is 0 Å². The number of aliphatic carboxylic acids is 1. The Morgan fingerprint density at radius 1 is 1.53 bits per heavy atom. The first kappa shape index (κ1) is 12.0. The quantitative estimate of drug-likeness (QED) is 0.836. The summed E-state index contributed by atoms with van der Waals surface area (Å²) in [5.74, 6) is 0.0395. The second-order valence-electron chi connectivity index (χ2n) is 3.42. The Kier molecular flexibility index (Phi) is 4.15. The third-order valence-corrected chi connectivity index (χ3v) is 3.83. The third kappa shape index (κ3) is 2.72. The van der Waals surface area contributed by atoms with Gasteiger partial charge in [-0.05, 0) is 36.8 Å². The van der Waals surface area contributed by atoms with Crippen molar-refractivity contribution in [3.05, 3.63) is 30.1 Å². The SMILES string of the molecule is CCCSC(C)(C(=O)O)c1ccncc1. The van der Waals surface area contributed by atoms with Crippen LogP contribution < -0.4 is 0 Å². The van der Waals surface area contributed by atoms with Gasteiger partial charge in [0, 0.05) is 12.4 Å². The van der Waals surface area contributed by atoms with Crippen LogP contribution in [0.2, 0.25) is 0 Å². The van der Waals surface area contributed by atoms with Gasteiger partial charge < -0.3 is 5.11 Å². The van der Waals surface area contributed by atoms with Gasteiger partial charge in [-0.1, -0.05) is 6.92 Å². The number of pyridine rings is 1. The summed E-state index contributed by atoms with van der Waals surface area (Å²) in [4.78, 5) is 15.2. The Hall–Kier alpha value is -1.03. The van der Waals surface area contributed by atoms with Gasteiger partial charge in [0.25, 0.3) is 0 Å². The number of nitrogens with zero attached hydrogens (tertiary/aromatic N) is 1. The molecule has 0 amide bonds. The number of aromatic nitrogens is 1. The van der Waals surface area contributed by atoms with E-state index in [2.05, 4.69) is 4.98 Å². The summed E-state index contributed by atoms with van der Waals surface area (Å²) in [6.45, 7) is 3.78. The molecule has 0 spiro atoms. The highest BCUT2D eigenvalue weighted by Crippen LogP contribution is 2.36. The lowest BCUT2D eigenvalue weighted by Crippen LogP contribution is -2.29. The molecule has 0 bridgehead atoms. The van der Waals surface area contributed by atoms with E-state index < -0.39 is 10.7 Å². The zero-order valence-electron chi connectivity index (χ0n) is 8.93. The first-order chi connectivity index (χ1) is 7.11. The number of carboxylic acids is 1. The fourth-order valence-corrected chi connectivity index (χ4v) is 2.28. The maximum atomic E-state index is 11.3. The molecular formula is C11H15NO2S. The minimum atomic E-state index is -0.862. The van der Waals surface area contributed by atoms with E-state index in [0.29, 0.717) is 0 Å². The van der Waals surface area contributed by atoms with E-state index in [1.807, 2.05) is 6.92 Å². The van der Waals surface area contributed by atoms with Gasteiger partial charge in [0.15, 0.2) is 0 Å². The van der Waals surface area contributed by atoms with Crippen LogP contribution in [0.3, 0.4) is 0 Å². The fourth-order valence-electron chi connectivity index (χ4n) is 1.24. The second-order valence-corrected chi connectivity index (χ2v) is 4.94. The zero-order valence-corrected chi connectivity index (χ0v) is 9.75. The van der Waals surface area contributed by atoms with Gasteiger partial charge in [0.2, 0.25) is 0 Å². The summed E-state index contributed by atoms with van der Waals surface area (Å²) in [7, 11) is 0. The van der Waals surface area contributed by atoms with Crippen molar-refractivity contribution in [1.82, 2.24) is 4.98 Å². The average Bonchev–Trinajstić information content (AvgIpc) is 2.27. The lowest BCUT2D eigenvalue weighted by Gasteiger charge is -2.24. The molecule has 1 aromatic heterocycles. The Labute approximate surface area is 93.9 Å². The highest BCUT2D eigenvalue weighted by molar-refractivity contribution is 8.00. The highest BCUT2D eigenvalue weighted by atomic mass is 32.2. The van der Waals surface area contributed by atoms with Crippen LogP contribution in [-0.4, -0.2) is 21.8 Å². The summed E-state index contributed by atoms with van der Waals surface area (Å²) in [5.41, 5.74) is 0.795. The van der Waals surface area contributed by atoms with Crippen molar-refractivity contribution in [2.24, 2.45) is 0 Å². The highest BCUT2D eigenvalue weighted by Gasteiger charge is 2.35. The van der Waals surface area contributed by atoms with Crippen LogP contribution >= 0.6 is 11.8 Å². The standard InChI is InChI=1S/C11H15NO2S/c1-3-8-15-11(2,10(13)14)9-4-6-12-7-5-9/h4-7H,3,8H2,1-2H3,(H,13,14). The molecule has 0 radical (unpaired) electrons. The average molecular weight is 225 g/mol. The first-order valence-corrected chi connectivity index (χ1v) is 5.87. The molecule has 1 heterocycles. The largest absolute Gasteiger partial charge is 0.480 e. The molecule has 1 unspecified atom stereocenters. The minimum absolute atomic E-state index is 0.795. The van der Waals surface area contributed by atoms with Crippen molar-refractivity contribution in [3.8, 4) is 0 Å². The predicted octanol–water partition coefficient (Wildman–Crippen LogP) is 2.52. The maximum absolute atomic E-state index is 11.3. The summed E-state index contributed by atoms with van der Waals surface area (Å²) in [5, 5.41) is 9.27. The van der Waals surface area contributed by atoms with Crippen molar-refractivity contribution in [1.29, 1.82) is 0 Å². The van der Waals surface area contributed by atoms with Crippen LogP contribution in [0.1, 0.15) is 25.8 Å². The van der Waals surface area contributed by atoms with Gasteiger partial charge in [-0.15, -0.1) is 11.8 Å². The molecule has 1 rings (SSSR count). The smallest absolute Gasteiger partial charge is 0.324 e. The van der Waals surface area contributed by atoms with Crippen LogP contribution in [0.4, 0.5) is 0 Å². The first-order valence-electron chi connectivity index (χ1n) is 4.89. The molecule has 15 heavy (non-hydrogen) atoms. The van der Waals surface area contributed by atoms with Crippen LogP contribution in [0, 0.1) is 0 Å². The maximum Gasteiger partial charge on any atom is 0.324 e. The molecule has 1 N–H and O–H groups in total. The van der Waals surface area contributed by atoms with E-state index in [9.17, 15) is 9.90 Å². The molecule has 82 valence electrons. The molecule has 3 nitrogen and oxygen atoms in total. The van der Waals surface area contributed by atoms with Crippen molar-refractivity contribution >= 4 is 17.7 Å². The summed E-state index contributed by atoms with van der Waals surface area (Å²) < 4.78 is -0.862. The van der Waals surface area contributed by atoms with E-state index in [1.54, 1.807) is 31.5 Å². The molecule has 1 aromatic rings. The Morgan fingerprint density at radius 3 is 2.60 bits per heavy atom. The van der Waals surface area contributed by atoms with E-state index >= 15 is 0 Å². The summed E-state index contributed by atoms with van der Waals surface area (Å²) >= 11 is 1.46. The predicted molar refractivity (Wildman–Crippen MR) is 62.0 cm³/mol. The van der Waals surface area contributed by atoms with Crippen LogP contribution in [0.5, 0.6) is 0 Å². The van der Waals surface area contributed by atoms with Crippen LogP contribution in [0.15, 0.2) is 24.5 Å². The topological polar surface area (TPSA) is 50.2 Å². The van der Waals surface area contributed by atoms with Crippen LogP contribution in [0.25, 0.3) is 0 Å². The number of rotatable bonds is 5. The van der Waals surface area contributed by atoms with Gasteiger partial charge in [0.05, 0.1) is 0 Å². The Balaban J connectivity index is 2.96. The van der Waals surface area contributed by atoms with Crippen molar-refractivity contribution in [2.45, 2.75) is 25.0 Å². The van der Waals surface area contributed by atoms with Gasteiger partial charge >= 0.3 is 5.97 Å². The molecule has 0 saturated heterocycles. The minimum Gasteiger partial charge on any atom is -0.480 e. The van der Waals surface area contributed by atoms with E-state index in [-0.39, 0.29) is 0 Å². The Morgan fingerprint density at radius 2 is 2.13 bits per heavy atom. The number of thioether (sulfide) groups is 1. The van der Waals surface area contributed by atoms with Crippen LogP contribution in [-0.2, 0) is 9.54 Å². The van der Waals surface area contributed by atoms with Crippen molar-refractivity contribution < 1.29 is 9.90 Å². The molecule has 0 aliphatic carbocycles. The molecule has 0 aliphatic heterocycles. The molecule has 0 fully saturated rings. The summed E-state index contributed by atoms with van der Waals surface area (Å²) in [6, 6.07) is 3.52. The number of carbonyl (C=O) groups is 1. The number of carboxylic acid groups (broad SMARTS) is 1. The zero-order chi connectivity index (χ0) is 11.3.